The Morgan fingerprint density at radius 3 is 2.40 bits per heavy atom. The number of phosphoric acid groups is 1. The average Bonchev–Trinajstić information content (AvgIpc) is 2.11. The standard InChI is InChI=1S/C6H11O7P.Na/c1-4-10-12-14(8,9)13-11-6(7)5(2)3;/h2,4H2,1,3H3,(H,8,9);/q;+1/p-1. The van der Waals surface area contributed by atoms with Crippen molar-refractivity contribution in [3.05, 3.63) is 12.2 Å². The third-order valence-corrected chi connectivity index (χ3v) is 1.36. The monoisotopic (exact) mass is 248 g/mol. The second-order valence-electron chi connectivity index (χ2n) is 2.15. The molecule has 0 aromatic carbocycles. The van der Waals surface area contributed by atoms with Crippen molar-refractivity contribution in [2.24, 2.45) is 0 Å². The molecule has 0 rings (SSSR count). The first-order chi connectivity index (χ1) is 6.39. The van der Waals surface area contributed by atoms with Crippen molar-refractivity contribution in [2.75, 3.05) is 6.61 Å². The second kappa shape index (κ2) is 8.43. The summed E-state index contributed by atoms with van der Waals surface area (Å²) in [6.07, 6.45) is 0. The van der Waals surface area contributed by atoms with E-state index in [0.717, 1.165) is 0 Å². The van der Waals surface area contributed by atoms with E-state index in [9.17, 15) is 14.3 Å². The zero-order valence-corrected chi connectivity index (χ0v) is 11.6. The van der Waals surface area contributed by atoms with Crippen LogP contribution in [0.2, 0.25) is 0 Å². The summed E-state index contributed by atoms with van der Waals surface area (Å²) in [6, 6.07) is 0. The molecule has 82 valence electrons. The molecule has 0 saturated carbocycles. The van der Waals surface area contributed by atoms with Crippen molar-refractivity contribution in [3.63, 3.8) is 0 Å². The molecule has 0 aliphatic carbocycles. The van der Waals surface area contributed by atoms with Gasteiger partial charge in [0.15, 0.2) is 0 Å². The summed E-state index contributed by atoms with van der Waals surface area (Å²) in [4.78, 5) is 29.3. The topological polar surface area (TPSA) is 94.1 Å². The molecule has 0 aromatic rings. The van der Waals surface area contributed by atoms with Crippen molar-refractivity contribution >= 4 is 13.8 Å². The van der Waals surface area contributed by atoms with Crippen molar-refractivity contribution in [1.82, 2.24) is 0 Å². The summed E-state index contributed by atoms with van der Waals surface area (Å²) in [5.41, 5.74) is -0.0126. The Morgan fingerprint density at radius 1 is 1.47 bits per heavy atom. The quantitative estimate of drug-likeness (QED) is 0.168. The molecule has 7 nitrogen and oxygen atoms in total. The summed E-state index contributed by atoms with van der Waals surface area (Å²) in [5, 5.41) is 0. The predicted molar refractivity (Wildman–Crippen MR) is 42.3 cm³/mol. The third-order valence-electron chi connectivity index (χ3n) is 0.815. The van der Waals surface area contributed by atoms with Crippen molar-refractivity contribution in [1.29, 1.82) is 0 Å². The van der Waals surface area contributed by atoms with Gasteiger partial charge in [-0.3, -0.25) is 9.45 Å². The Hall–Kier alpha value is 0.280. The summed E-state index contributed by atoms with van der Waals surface area (Å²) in [6.45, 7) is 6.03. The van der Waals surface area contributed by atoms with E-state index < -0.39 is 13.8 Å². The first kappa shape index (κ1) is 17.7. The van der Waals surface area contributed by atoms with E-state index in [-0.39, 0.29) is 41.7 Å². The van der Waals surface area contributed by atoms with E-state index >= 15 is 0 Å². The largest absolute Gasteiger partial charge is 1.00 e. The molecule has 0 fully saturated rings. The van der Waals surface area contributed by atoms with Gasteiger partial charge in [-0.25, -0.2) is 9.68 Å². The van der Waals surface area contributed by atoms with Crippen LogP contribution in [0.4, 0.5) is 0 Å². The number of rotatable bonds is 6. The Balaban J connectivity index is 0. The van der Waals surface area contributed by atoms with E-state index in [1.165, 1.54) is 13.8 Å². The molecule has 0 aliphatic rings. The van der Waals surface area contributed by atoms with E-state index in [2.05, 4.69) is 25.7 Å². The smallest absolute Gasteiger partial charge is 0.752 e. The molecule has 1 atom stereocenters. The first-order valence-electron chi connectivity index (χ1n) is 3.57. The molecular weight excluding hydrogens is 238 g/mol. The van der Waals surface area contributed by atoms with Gasteiger partial charge < -0.3 is 4.89 Å². The van der Waals surface area contributed by atoms with Gasteiger partial charge >= 0.3 is 43.3 Å². The van der Waals surface area contributed by atoms with Crippen LogP contribution < -0.4 is 34.5 Å². The van der Waals surface area contributed by atoms with Gasteiger partial charge in [-0.15, -0.1) is 4.67 Å². The molecule has 0 aromatic heterocycles. The number of carbonyl (C=O) groups excluding carboxylic acids is 1. The van der Waals surface area contributed by atoms with Gasteiger partial charge in [0.2, 0.25) is 0 Å². The van der Waals surface area contributed by atoms with Crippen LogP contribution in [0.15, 0.2) is 12.2 Å². The molecule has 0 bridgehead atoms. The van der Waals surface area contributed by atoms with Crippen LogP contribution in [0.5, 0.6) is 0 Å². The van der Waals surface area contributed by atoms with Crippen LogP contribution in [0.1, 0.15) is 13.8 Å². The SMILES string of the molecule is C=C(C)C(=O)OOP(=O)([O-])OOCC.[Na+]. The molecule has 0 aliphatic heterocycles. The van der Waals surface area contributed by atoms with Gasteiger partial charge in [-0.1, -0.05) is 6.58 Å². The predicted octanol–water partition coefficient (Wildman–Crippen LogP) is -2.52. The van der Waals surface area contributed by atoms with Crippen LogP contribution >= 0.6 is 7.82 Å². The van der Waals surface area contributed by atoms with Crippen molar-refractivity contribution in [2.45, 2.75) is 13.8 Å². The summed E-state index contributed by atoms with van der Waals surface area (Å²) in [7, 11) is -4.76. The second-order valence-corrected chi connectivity index (χ2v) is 3.35. The van der Waals surface area contributed by atoms with E-state index in [4.69, 9.17) is 0 Å². The maximum absolute atomic E-state index is 10.7. The van der Waals surface area contributed by atoms with Gasteiger partial charge in [0.1, 0.15) is 0 Å². The zero-order valence-electron chi connectivity index (χ0n) is 8.72. The fourth-order valence-electron chi connectivity index (χ4n) is 0.280. The minimum atomic E-state index is -4.76. The molecule has 0 N–H and O–H groups in total. The maximum atomic E-state index is 10.7. The third kappa shape index (κ3) is 9.22. The van der Waals surface area contributed by atoms with Crippen molar-refractivity contribution < 1.29 is 62.9 Å². The Labute approximate surface area is 109 Å². The zero-order chi connectivity index (χ0) is 11.2. The number of carbonyl (C=O) groups is 1. The fourth-order valence-corrected chi connectivity index (χ4v) is 0.699. The van der Waals surface area contributed by atoms with Crippen LogP contribution in [0, 0.1) is 0 Å². The fraction of sp³-hybridized carbons (Fsp3) is 0.500. The van der Waals surface area contributed by atoms with Crippen LogP contribution in [0.3, 0.4) is 0 Å². The van der Waals surface area contributed by atoms with E-state index in [1.807, 2.05) is 0 Å². The van der Waals surface area contributed by atoms with Gasteiger partial charge in [0.25, 0.3) is 0 Å². The van der Waals surface area contributed by atoms with Gasteiger partial charge in [-0.05, 0) is 13.8 Å². The molecule has 15 heavy (non-hydrogen) atoms. The molecule has 1 unspecified atom stereocenters. The molecule has 9 heteroatoms. The van der Waals surface area contributed by atoms with Gasteiger partial charge in [-0.2, -0.15) is 4.67 Å². The molecule has 0 radical (unpaired) electrons. The number of hydrogen-bond acceptors (Lipinski definition) is 7. The molecule has 0 spiro atoms. The van der Waals surface area contributed by atoms with Crippen LogP contribution in [-0.4, -0.2) is 12.6 Å². The Kier molecular flexibility index (Phi) is 9.93. The first-order valence-corrected chi connectivity index (χ1v) is 5.03. The molecule has 0 saturated heterocycles. The summed E-state index contributed by atoms with van der Waals surface area (Å²) >= 11 is 0. The van der Waals surface area contributed by atoms with Gasteiger partial charge in [0, 0.05) is 5.57 Å². The van der Waals surface area contributed by atoms with E-state index in [1.54, 1.807) is 0 Å². The molecular formula is C6H10NaO7P. The van der Waals surface area contributed by atoms with Crippen molar-refractivity contribution in [3.8, 4) is 0 Å². The minimum Gasteiger partial charge on any atom is -0.752 e. The maximum Gasteiger partial charge on any atom is 1.00 e. The summed E-state index contributed by atoms with van der Waals surface area (Å²) in [5.74, 6) is -1.01. The minimum absolute atomic E-state index is 0. The number of hydrogen-bond donors (Lipinski definition) is 0. The molecule has 0 heterocycles. The average molecular weight is 248 g/mol. The Morgan fingerprint density at radius 2 is 2.00 bits per heavy atom. The van der Waals surface area contributed by atoms with Gasteiger partial charge in [0.05, 0.1) is 6.61 Å². The molecule has 0 amide bonds. The summed E-state index contributed by atoms with van der Waals surface area (Å²) < 4.78 is 18.1. The van der Waals surface area contributed by atoms with E-state index in [0.29, 0.717) is 0 Å². The normalized spacial score (nSPS) is 13.5. The van der Waals surface area contributed by atoms with Crippen LogP contribution in [0.25, 0.3) is 0 Å². The van der Waals surface area contributed by atoms with Crippen LogP contribution in [-0.2, 0) is 28.5 Å². The Bertz CT molecular complexity index is 266.